The number of aryl methyl sites for hydroxylation is 1. The quantitative estimate of drug-likeness (QED) is 0.796. The number of aliphatic hydroxyl groups excluding tert-OH is 1. The molecule has 7 nitrogen and oxygen atoms in total. The summed E-state index contributed by atoms with van der Waals surface area (Å²) in [4.78, 5) is 0. The van der Waals surface area contributed by atoms with E-state index in [1.165, 1.54) is 12.1 Å². The molecule has 0 unspecified atom stereocenters. The number of nitrogens with zero attached hydrogens (tertiary/aromatic N) is 2. The molecule has 0 amide bonds. The SMILES string of the molecule is Cn1ccc(CNS(=O)(=O)c2ccc(CO)o2)n1. The molecule has 2 rings (SSSR count). The molecule has 2 heterocycles. The van der Waals surface area contributed by atoms with Crippen LogP contribution < -0.4 is 4.72 Å². The van der Waals surface area contributed by atoms with E-state index in [0.717, 1.165) is 0 Å². The van der Waals surface area contributed by atoms with E-state index in [1.54, 1.807) is 24.0 Å². The maximum atomic E-state index is 11.8. The fraction of sp³-hybridized carbons (Fsp3) is 0.300. The van der Waals surface area contributed by atoms with Crippen LogP contribution in [-0.2, 0) is 30.2 Å². The average molecular weight is 271 g/mol. The van der Waals surface area contributed by atoms with Crippen molar-refractivity contribution in [3.05, 3.63) is 35.9 Å². The first-order chi connectivity index (χ1) is 8.51. The summed E-state index contributed by atoms with van der Waals surface area (Å²) in [6, 6.07) is 4.42. The number of hydrogen-bond donors (Lipinski definition) is 2. The van der Waals surface area contributed by atoms with Crippen LogP contribution in [-0.4, -0.2) is 23.3 Å². The molecule has 0 aliphatic heterocycles. The van der Waals surface area contributed by atoms with Gasteiger partial charge >= 0.3 is 0 Å². The minimum atomic E-state index is -3.72. The van der Waals surface area contributed by atoms with Crippen LogP contribution in [0.25, 0.3) is 0 Å². The average Bonchev–Trinajstić information content (AvgIpc) is 2.95. The summed E-state index contributed by atoms with van der Waals surface area (Å²) in [6.45, 7) is -0.256. The van der Waals surface area contributed by atoms with E-state index in [2.05, 4.69) is 9.82 Å². The first-order valence-corrected chi connectivity index (χ1v) is 6.67. The minimum absolute atomic E-state index is 0.0817. The molecule has 2 aromatic rings. The van der Waals surface area contributed by atoms with Crippen molar-refractivity contribution < 1.29 is 17.9 Å². The van der Waals surface area contributed by atoms with E-state index >= 15 is 0 Å². The van der Waals surface area contributed by atoms with Crippen molar-refractivity contribution in [3.63, 3.8) is 0 Å². The molecule has 0 aromatic carbocycles. The number of furan rings is 1. The molecule has 0 radical (unpaired) electrons. The topological polar surface area (TPSA) is 97.4 Å². The van der Waals surface area contributed by atoms with Gasteiger partial charge in [0.2, 0.25) is 5.09 Å². The van der Waals surface area contributed by atoms with Crippen LogP contribution in [0.1, 0.15) is 11.5 Å². The summed E-state index contributed by atoms with van der Waals surface area (Å²) in [5.74, 6) is 0.202. The van der Waals surface area contributed by atoms with Gasteiger partial charge < -0.3 is 9.52 Å². The van der Waals surface area contributed by atoms with E-state index in [9.17, 15) is 8.42 Å². The number of sulfonamides is 1. The Morgan fingerprint density at radius 1 is 1.44 bits per heavy atom. The van der Waals surface area contributed by atoms with Crippen LogP contribution in [0.3, 0.4) is 0 Å². The molecule has 2 aromatic heterocycles. The van der Waals surface area contributed by atoms with Crippen molar-refractivity contribution in [2.45, 2.75) is 18.2 Å². The predicted octanol–water partition coefficient (Wildman–Crippen LogP) is -0.0161. The van der Waals surface area contributed by atoms with Crippen LogP contribution >= 0.6 is 0 Å². The second-order valence-electron chi connectivity index (χ2n) is 3.68. The predicted molar refractivity (Wildman–Crippen MR) is 61.9 cm³/mol. The summed E-state index contributed by atoms with van der Waals surface area (Å²) in [7, 11) is -1.97. The molecule has 0 atom stereocenters. The molecule has 0 saturated heterocycles. The fourth-order valence-electron chi connectivity index (χ4n) is 1.39. The summed E-state index contributed by atoms with van der Waals surface area (Å²) in [5, 5.41) is 12.6. The van der Waals surface area contributed by atoms with E-state index in [-0.39, 0.29) is 24.0 Å². The van der Waals surface area contributed by atoms with E-state index in [4.69, 9.17) is 9.52 Å². The Morgan fingerprint density at radius 2 is 2.22 bits per heavy atom. The lowest BCUT2D eigenvalue weighted by Crippen LogP contribution is -2.23. The lowest BCUT2D eigenvalue weighted by molar-refractivity contribution is 0.236. The molecular formula is C10H13N3O4S. The van der Waals surface area contributed by atoms with E-state index in [1.807, 2.05) is 0 Å². The first kappa shape index (κ1) is 12.8. The highest BCUT2D eigenvalue weighted by atomic mass is 32.2. The Bertz CT molecular complexity index is 629. The molecule has 0 fully saturated rings. The van der Waals surface area contributed by atoms with E-state index < -0.39 is 10.0 Å². The molecule has 8 heteroatoms. The van der Waals surface area contributed by atoms with Gasteiger partial charge in [-0.2, -0.15) is 5.10 Å². The van der Waals surface area contributed by atoms with Crippen LogP contribution in [0.4, 0.5) is 0 Å². The zero-order valence-corrected chi connectivity index (χ0v) is 10.5. The van der Waals surface area contributed by atoms with Crippen molar-refractivity contribution >= 4 is 10.0 Å². The molecule has 0 spiro atoms. The van der Waals surface area contributed by atoms with Gasteiger partial charge in [0.1, 0.15) is 12.4 Å². The number of hydrogen-bond acceptors (Lipinski definition) is 5. The van der Waals surface area contributed by atoms with Crippen LogP contribution in [0, 0.1) is 0 Å². The van der Waals surface area contributed by atoms with Gasteiger partial charge in [-0.15, -0.1) is 0 Å². The van der Waals surface area contributed by atoms with Crippen molar-refractivity contribution in [3.8, 4) is 0 Å². The Hall–Kier alpha value is -1.64. The molecule has 0 aliphatic carbocycles. The second kappa shape index (κ2) is 4.92. The maximum absolute atomic E-state index is 11.8. The van der Waals surface area contributed by atoms with Gasteiger partial charge in [-0.25, -0.2) is 13.1 Å². The molecule has 18 heavy (non-hydrogen) atoms. The molecule has 2 N–H and O–H groups in total. The highest BCUT2D eigenvalue weighted by Gasteiger charge is 2.18. The number of aliphatic hydroxyl groups is 1. The summed E-state index contributed by atoms with van der Waals surface area (Å²) in [5.41, 5.74) is 0.606. The molecule has 0 aliphatic rings. The number of aromatic nitrogens is 2. The maximum Gasteiger partial charge on any atom is 0.274 e. The van der Waals surface area contributed by atoms with Crippen molar-refractivity contribution in [1.29, 1.82) is 0 Å². The number of rotatable bonds is 5. The standard InChI is InChI=1S/C10H13N3O4S/c1-13-5-4-8(12-13)6-11-18(15,16)10-3-2-9(7-14)17-10/h2-5,11,14H,6-7H2,1H3. The fourth-order valence-corrected chi connectivity index (χ4v) is 2.33. The van der Waals surface area contributed by atoms with Gasteiger partial charge in [-0.1, -0.05) is 0 Å². The third-order valence-electron chi connectivity index (χ3n) is 2.27. The molecular weight excluding hydrogens is 258 g/mol. The monoisotopic (exact) mass is 271 g/mol. The summed E-state index contributed by atoms with van der Waals surface area (Å²) < 4.78 is 32.6. The highest BCUT2D eigenvalue weighted by Crippen LogP contribution is 2.13. The largest absolute Gasteiger partial charge is 0.446 e. The second-order valence-corrected chi connectivity index (χ2v) is 5.38. The normalized spacial score (nSPS) is 11.9. The van der Waals surface area contributed by atoms with Gasteiger partial charge in [-0.3, -0.25) is 4.68 Å². The molecule has 0 bridgehead atoms. The Morgan fingerprint density at radius 3 is 2.78 bits per heavy atom. The van der Waals surface area contributed by atoms with Crippen LogP contribution in [0.2, 0.25) is 0 Å². The Balaban J connectivity index is 2.07. The van der Waals surface area contributed by atoms with Gasteiger partial charge in [0, 0.05) is 13.2 Å². The van der Waals surface area contributed by atoms with Crippen LogP contribution in [0.5, 0.6) is 0 Å². The highest BCUT2D eigenvalue weighted by molar-refractivity contribution is 7.89. The molecule has 0 saturated carbocycles. The third kappa shape index (κ3) is 2.78. The first-order valence-electron chi connectivity index (χ1n) is 5.19. The lowest BCUT2D eigenvalue weighted by Gasteiger charge is -2.01. The summed E-state index contributed by atoms with van der Waals surface area (Å²) >= 11 is 0. The van der Waals surface area contributed by atoms with Crippen molar-refractivity contribution in [2.75, 3.05) is 0 Å². The van der Waals surface area contributed by atoms with Gasteiger partial charge in [0.05, 0.1) is 12.2 Å². The third-order valence-corrected chi connectivity index (χ3v) is 3.54. The summed E-state index contributed by atoms with van der Waals surface area (Å²) in [6.07, 6.45) is 1.72. The zero-order valence-electron chi connectivity index (χ0n) is 9.70. The van der Waals surface area contributed by atoms with Crippen LogP contribution in [0.15, 0.2) is 33.9 Å². The van der Waals surface area contributed by atoms with Gasteiger partial charge in [-0.05, 0) is 18.2 Å². The van der Waals surface area contributed by atoms with Gasteiger partial charge in [0.25, 0.3) is 10.0 Å². The molecule has 98 valence electrons. The number of nitrogens with one attached hydrogen (secondary N) is 1. The zero-order chi connectivity index (χ0) is 13.2. The van der Waals surface area contributed by atoms with Crippen molar-refractivity contribution in [2.24, 2.45) is 7.05 Å². The van der Waals surface area contributed by atoms with Gasteiger partial charge in [0.15, 0.2) is 0 Å². The smallest absolute Gasteiger partial charge is 0.274 e. The van der Waals surface area contributed by atoms with Crippen molar-refractivity contribution in [1.82, 2.24) is 14.5 Å². The minimum Gasteiger partial charge on any atom is -0.446 e. The Labute approximate surface area is 104 Å². The Kier molecular flexibility index (Phi) is 3.50. The van der Waals surface area contributed by atoms with E-state index in [0.29, 0.717) is 5.69 Å². The lowest BCUT2D eigenvalue weighted by atomic mass is 10.4.